The van der Waals surface area contributed by atoms with Crippen LogP contribution in [0.5, 0.6) is 0 Å². The quantitative estimate of drug-likeness (QED) is 0.830. The first-order valence-corrected chi connectivity index (χ1v) is 6.88. The zero-order chi connectivity index (χ0) is 13.7. The molecule has 18 heavy (non-hydrogen) atoms. The molecule has 0 amide bonds. The van der Waals surface area contributed by atoms with Crippen LogP contribution < -0.4 is 10.2 Å². The van der Waals surface area contributed by atoms with Gasteiger partial charge in [-0.2, -0.15) is 0 Å². The molecule has 3 nitrogen and oxygen atoms in total. The van der Waals surface area contributed by atoms with E-state index < -0.39 is 6.43 Å². The number of anilines is 1. The number of thiazole rings is 1. The standard InChI is InChI=1S/C12H21F2N3S/c1-8(2)5-15-6-10-9(3)16-12(18-10)17(4)7-11(13)14/h8,11,15H,5-7H2,1-4H3. The van der Waals surface area contributed by atoms with Crippen LogP contribution in [-0.4, -0.2) is 31.5 Å². The normalized spacial score (nSPS) is 11.6. The average Bonchev–Trinajstić information content (AvgIpc) is 2.59. The van der Waals surface area contributed by atoms with Gasteiger partial charge >= 0.3 is 0 Å². The molecule has 0 spiro atoms. The lowest BCUT2D eigenvalue weighted by Gasteiger charge is -2.14. The molecule has 0 aliphatic rings. The first-order chi connectivity index (χ1) is 8.40. The number of rotatable bonds is 7. The molecule has 1 aromatic rings. The highest BCUT2D eigenvalue weighted by molar-refractivity contribution is 7.15. The predicted octanol–water partition coefficient (Wildman–Crippen LogP) is 2.90. The van der Waals surface area contributed by atoms with E-state index in [-0.39, 0.29) is 6.54 Å². The van der Waals surface area contributed by atoms with Crippen LogP contribution in [0.4, 0.5) is 13.9 Å². The molecule has 0 unspecified atom stereocenters. The minimum Gasteiger partial charge on any atom is -0.345 e. The summed E-state index contributed by atoms with van der Waals surface area (Å²) >= 11 is 1.48. The van der Waals surface area contributed by atoms with E-state index in [1.165, 1.54) is 16.2 Å². The molecule has 0 saturated carbocycles. The van der Waals surface area contributed by atoms with Crippen molar-refractivity contribution in [2.24, 2.45) is 5.92 Å². The SMILES string of the molecule is Cc1nc(N(C)CC(F)F)sc1CNCC(C)C. The highest BCUT2D eigenvalue weighted by atomic mass is 32.1. The Morgan fingerprint density at radius 2 is 2.06 bits per heavy atom. The van der Waals surface area contributed by atoms with Crippen molar-refractivity contribution in [2.75, 3.05) is 25.0 Å². The summed E-state index contributed by atoms with van der Waals surface area (Å²) in [5, 5.41) is 4.00. The lowest BCUT2D eigenvalue weighted by molar-refractivity contribution is 0.156. The molecule has 1 aromatic heterocycles. The third-order valence-electron chi connectivity index (χ3n) is 2.46. The fraction of sp³-hybridized carbons (Fsp3) is 0.750. The molecule has 0 aromatic carbocycles. The van der Waals surface area contributed by atoms with Gasteiger partial charge in [-0.15, -0.1) is 11.3 Å². The molecule has 0 radical (unpaired) electrons. The maximum Gasteiger partial charge on any atom is 0.255 e. The van der Waals surface area contributed by atoms with Gasteiger partial charge in [0.25, 0.3) is 6.43 Å². The van der Waals surface area contributed by atoms with Crippen LogP contribution in [0.3, 0.4) is 0 Å². The Balaban J connectivity index is 2.58. The second kappa shape index (κ2) is 6.99. The molecular formula is C12H21F2N3S. The summed E-state index contributed by atoms with van der Waals surface area (Å²) < 4.78 is 24.6. The summed E-state index contributed by atoms with van der Waals surface area (Å²) in [5.41, 5.74) is 0.923. The van der Waals surface area contributed by atoms with Gasteiger partial charge in [0.2, 0.25) is 0 Å². The number of hydrogen-bond donors (Lipinski definition) is 1. The molecule has 0 atom stereocenters. The first-order valence-electron chi connectivity index (χ1n) is 6.06. The number of aromatic nitrogens is 1. The van der Waals surface area contributed by atoms with Gasteiger partial charge in [0.05, 0.1) is 12.2 Å². The monoisotopic (exact) mass is 277 g/mol. The summed E-state index contributed by atoms with van der Waals surface area (Å²) in [5.74, 6) is 0.596. The molecule has 6 heteroatoms. The van der Waals surface area contributed by atoms with E-state index in [4.69, 9.17) is 0 Å². The highest BCUT2D eigenvalue weighted by Gasteiger charge is 2.14. The van der Waals surface area contributed by atoms with Crippen LogP contribution >= 0.6 is 11.3 Å². The zero-order valence-electron chi connectivity index (χ0n) is 11.3. The molecule has 1 rings (SSSR count). The molecule has 0 aliphatic carbocycles. The molecule has 0 fully saturated rings. The van der Waals surface area contributed by atoms with E-state index in [1.54, 1.807) is 7.05 Å². The molecule has 1 N–H and O–H groups in total. The minimum atomic E-state index is -2.33. The lowest BCUT2D eigenvalue weighted by Crippen LogP contribution is -2.23. The van der Waals surface area contributed by atoms with Crippen LogP contribution in [-0.2, 0) is 6.54 Å². The molecule has 0 saturated heterocycles. The van der Waals surface area contributed by atoms with E-state index in [0.29, 0.717) is 11.0 Å². The van der Waals surface area contributed by atoms with Crippen molar-refractivity contribution in [2.45, 2.75) is 33.7 Å². The Hall–Kier alpha value is -0.750. The van der Waals surface area contributed by atoms with Gasteiger partial charge in [0.1, 0.15) is 0 Å². The van der Waals surface area contributed by atoms with Crippen LogP contribution in [0, 0.1) is 12.8 Å². The van der Waals surface area contributed by atoms with Crippen molar-refractivity contribution in [3.05, 3.63) is 10.6 Å². The number of aryl methyl sites for hydroxylation is 1. The van der Waals surface area contributed by atoms with Crippen LogP contribution in [0.25, 0.3) is 0 Å². The van der Waals surface area contributed by atoms with Crippen LogP contribution in [0.1, 0.15) is 24.4 Å². The lowest BCUT2D eigenvalue weighted by atomic mass is 10.2. The van der Waals surface area contributed by atoms with Gasteiger partial charge in [-0.05, 0) is 19.4 Å². The van der Waals surface area contributed by atoms with Gasteiger partial charge in [0, 0.05) is 18.5 Å². The highest BCUT2D eigenvalue weighted by Crippen LogP contribution is 2.25. The van der Waals surface area contributed by atoms with Crippen molar-refractivity contribution in [1.82, 2.24) is 10.3 Å². The smallest absolute Gasteiger partial charge is 0.255 e. The predicted molar refractivity (Wildman–Crippen MR) is 72.7 cm³/mol. The summed E-state index contributed by atoms with van der Waals surface area (Å²) in [6.45, 7) is 7.64. The third kappa shape index (κ3) is 4.86. The Labute approximate surface area is 111 Å². The average molecular weight is 277 g/mol. The van der Waals surface area contributed by atoms with E-state index >= 15 is 0 Å². The van der Waals surface area contributed by atoms with Gasteiger partial charge in [-0.3, -0.25) is 0 Å². The largest absolute Gasteiger partial charge is 0.345 e. The summed E-state index contributed by atoms with van der Waals surface area (Å²) in [7, 11) is 1.65. The minimum absolute atomic E-state index is 0.272. The summed E-state index contributed by atoms with van der Waals surface area (Å²) in [6.07, 6.45) is -2.33. The summed E-state index contributed by atoms with van der Waals surface area (Å²) in [6, 6.07) is 0. The first kappa shape index (κ1) is 15.3. The Bertz CT molecular complexity index is 366. The molecular weight excluding hydrogens is 256 g/mol. The van der Waals surface area contributed by atoms with Gasteiger partial charge in [-0.1, -0.05) is 13.8 Å². The van der Waals surface area contributed by atoms with Crippen molar-refractivity contribution in [1.29, 1.82) is 0 Å². The van der Waals surface area contributed by atoms with Gasteiger partial charge in [-0.25, -0.2) is 13.8 Å². The van der Waals surface area contributed by atoms with E-state index in [2.05, 4.69) is 24.1 Å². The Kier molecular flexibility index (Phi) is 5.95. The number of halogens is 2. The second-order valence-corrected chi connectivity index (χ2v) is 5.86. The van der Waals surface area contributed by atoms with Crippen molar-refractivity contribution in [3.8, 4) is 0 Å². The maximum atomic E-state index is 12.3. The van der Waals surface area contributed by atoms with E-state index in [0.717, 1.165) is 23.7 Å². The molecule has 0 aliphatic heterocycles. The number of nitrogens with one attached hydrogen (secondary N) is 1. The van der Waals surface area contributed by atoms with Crippen LogP contribution in [0.15, 0.2) is 0 Å². The topological polar surface area (TPSA) is 28.2 Å². The van der Waals surface area contributed by atoms with Gasteiger partial charge < -0.3 is 10.2 Å². The fourth-order valence-electron chi connectivity index (χ4n) is 1.50. The maximum absolute atomic E-state index is 12.3. The molecule has 1 heterocycles. The second-order valence-electron chi connectivity index (χ2n) is 4.80. The van der Waals surface area contributed by atoms with Crippen molar-refractivity contribution < 1.29 is 8.78 Å². The number of hydrogen-bond acceptors (Lipinski definition) is 4. The van der Waals surface area contributed by atoms with Crippen molar-refractivity contribution >= 4 is 16.5 Å². The molecule has 104 valence electrons. The van der Waals surface area contributed by atoms with Crippen molar-refractivity contribution in [3.63, 3.8) is 0 Å². The third-order valence-corrected chi connectivity index (χ3v) is 3.73. The molecule has 0 bridgehead atoms. The van der Waals surface area contributed by atoms with E-state index in [1.807, 2.05) is 6.92 Å². The van der Waals surface area contributed by atoms with Crippen LogP contribution in [0.2, 0.25) is 0 Å². The Morgan fingerprint density at radius 1 is 1.39 bits per heavy atom. The Morgan fingerprint density at radius 3 is 2.61 bits per heavy atom. The number of nitrogens with zero attached hydrogens (tertiary/aromatic N) is 2. The number of alkyl halides is 2. The zero-order valence-corrected chi connectivity index (χ0v) is 12.2. The van der Waals surface area contributed by atoms with E-state index in [9.17, 15) is 8.78 Å². The fourth-order valence-corrected chi connectivity index (χ4v) is 2.50. The van der Waals surface area contributed by atoms with Gasteiger partial charge in [0.15, 0.2) is 5.13 Å². The summed E-state index contributed by atoms with van der Waals surface area (Å²) in [4.78, 5) is 6.96.